The molecule has 6 nitrogen and oxygen atoms in total. The fourth-order valence-corrected chi connectivity index (χ4v) is 2.69. The number of carbonyl (C=O) groups is 2. The molecule has 1 aromatic heterocycles. The van der Waals surface area contributed by atoms with Gasteiger partial charge in [-0.05, 0) is 23.8 Å². The van der Waals surface area contributed by atoms with Crippen LogP contribution >= 0.6 is 11.3 Å². The van der Waals surface area contributed by atoms with Crippen LogP contribution in [0.2, 0.25) is 0 Å². The number of thiophene rings is 1. The number of rotatable bonds is 3. The van der Waals surface area contributed by atoms with E-state index in [1.807, 2.05) is 0 Å². The quantitative estimate of drug-likeness (QED) is 0.694. The van der Waals surface area contributed by atoms with Crippen molar-refractivity contribution < 1.29 is 14.7 Å². The number of hydrogen-bond donors (Lipinski definition) is 4. The van der Waals surface area contributed by atoms with Crippen molar-refractivity contribution in [2.75, 3.05) is 12.4 Å². The molecule has 5 N–H and O–H groups in total. The first kappa shape index (κ1) is 13.9. The highest BCUT2D eigenvalue weighted by Gasteiger charge is 2.16. The van der Waals surface area contributed by atoms with Crippen molar-refractivity contribution >= 4 is 28.3 Å². The molecule has 1 aromatic carbocycles. The Hall–Kier alpha value is -2.54. The van der Waals surface area contributed by atoms with E-state index in [0.29, 0.717) is 5.00 Å². The number of nitrogens with two attached hydrogens (primary N) is 1. The summed E-state index contributed by atoms with van der Waals surface area (Å²) in [6.07, 6.45) is 0. The summed E-state index contributed by atoms with van der Waals surface area (Å²) in [5, 5.41) is 14.8. The van der Waals surface area contributed by atoms with Gasteiger partial charge in [-0.25, -0.2) is 4.79 Å². The van der Waals surface area contributed by atoms with Crippen molar-refractivity contribution in [3.05, 3.63) is 35.9 Å². The van der Waals surface area contributed by atoms with Gasteiger partial charge in [0, 0.05) is 11.9 Å². The lowest BCUT2D eigenvalue weighted by Gasteiger charge is -2.02. The number of amides is 3. The number of anilines is 1. The third-order valence-electron chi connectivity index (χ3n) is 2.58. The number of urea groups is 1. The predicted molar refractivity (Wildman–Crippen MR) is 78.0 cm³/mol. The van der Waals surface area contributed by atoms with Crippen molar-refractivity contribution in [1.82, 2.24) is 5.32 Å². The molecule has 20 heavy (non-hydrogen) atoms. The van der Waals surface area contributed by atoms with Crippen LogP contribution in [-0.2, 0) is 0 Å². The Balaban J connectivity index is 2.43. The minimum absolute atomic E-state index is 0.123. The van der Waals surface area contributed by atoms with Gasteiger partial charge in [-0.1, -0.05) is 12.1 Å². The Labute approximate surface area is 119 Å². The lowest BCUT2D eigenvalue weighted by molar-refractivity contribution is 0.100. The van der Waals surface area contributed by atoms with E-state index < -0.39 is 11.9 Å². The smallest absolute Gasteiger partial charge is 0.319 e. The van der Waals surface area contributed by atoms with Crippen molar-refractivity contribution in [2.24, 2.45) is 5.73 Å². The number of benzene rings is 1. The maximum atomic E-state index is 11.4. The molecule has 0 atom stereocenters. The van der Waals surface area contributed by atoms with E-state index in [2.05, 4.69) is 10.6 Å². The highest BCUT2D eigenvalue weighted by atomic mass is 32.1. The standard InChI is InChI=1S/C13H13N3O3S/c1-15-13(19)16-12-9(11(14)18)6-10(20-12)7-3-2-4-8(17)5-7/h2-6,17H,1H3,(H2,14,18)(H2,15,16,19). The van der Waals surface area contributed by atoms with Crippen LogP contribution in [0.3, 0.4) is 0 Å². The SMILES string of the molecule is CNC(=O)Nc1sc(-c2cccc(O)c2)cc1C(N)=O. The molecule has 7 heteroatoms. The molecule has 0 saturated heterocycles. The molecule has 0 spiro atoms. The average Bonchev–Trinajstić information content (AvgIpc) is 2.82. The first-order chi connectivity index (χ1) is 9.51. The monoisotopic (exact) mass is 291 g/mol. The molecule has 0 unspecified atom stereocenters. The van der Waals surface area contributed by atoms with E-state index >= 15 is 0 Å². The first-order valence-corrected chi connectivity index (χ1v) is 6.54. The minimum atomic E-state index is -0.626. The summed E-state index contributed by atoms with van der Waals surface area (Å²) in [6.45, 7) is 0. The lowest BCUT2D eigenvalue weighted by atomic mass is 10.1. The molecule has 0 aliphatic heterocycles. The number of phenols is 1. The third-order valence-corrected chi connectivity index (χ3v) is 3.68. The summed E-state index contributed by atoms with van der Waals surface area (Å²) < 4.78 is 0. The van der Waals surface area contributed by atoms with Crippen molar-refractivity contribution in [1.29, 1.82) is 0 Å². The van der Waals surface area contributed by atoms with Crippen LogP contribution in [0.5, 0.6) is 5.75 Å². The van der Waals surface area contributed by atoms with Crippen molar-refractivity contribution in [3.8, 4) is 16.2 Å². The van der Waals surface area contributed by atoms with Crippen LogP contribution in [0.25, 0.3) is 10.4 Å². The average molecular weight is 291 g/mol. The predicted octanol–water partition coefficient (Wildman–Crippen LogP) is 1.97. The summed E-state index contributed by atoms with van der Waals surface area (Å²) in [5.41, 5.74) is 6.27. The molecule has 1 heterocycles. The van der Waals surface area contributed by atoms with Gasteiger partial charge in [-0.3, -0.25) is 10.1 Å². The Kier molecular flexibility index (Phi) is 3.90. The molecule has 0 aliphatic carbocycles. The number of carbonyl (C=O) groups excluding carboxylic acids is 2. The summed E-state index contributed by atoms with van der Waals surface area (Å²) in [6, 6.07) is 7.76. The number of primary amides is 1. The van der Waals surface area contributed by atoms with Gasteiger partial charge in [0.15, 0.2) is 0 Å². The van der Waals surface area contributed by atoms with Gasteiger partial charge in [0.2, 0.25) is 0 Å². The fraction of sp³-hybridized carbons (Fsp3) is 0.0769. The van der Waals surface area contributed by atoms with Gasteiger partial charge in [0.25, 0.3) is 5.91 Å². The van der Waals surface area contributed by atoms with E-state index in [1.165, 1.54) is 18.4 Å². The summed E-state index contributed by atoms with van der Waals surface area (Å²) in [4.78, 5) is 23.5. The van der Waals surface area contributed by atoms with Crippen LogP contribution in [0.4, 0.5) is 9.80 Å². The first-order valence-electron chi connectivity index (χ1n) is 5.73. The van der Waals surface area contributed by atoms with Gasteiger partial charge >= 0.3 is 6.03 Å². The topological polar surface area (TPSA) is 104 Å². The van der Waals surface area contributed by atoms with Gasteiger partial charge in [0.05, 0.1) is 5.56 Å². The summed E-state index contributed by atoms with van der Waals surface area (Å²) in [7, 11) is 1.48. The van der Waals surface area contributed by atoms with Gasteiger partial charge in [-0.15, -0.1) is 11.3 Å². The Bertz CT molecular complexity index is 667. The van der Waals surface area contributed by atoms with Crippen LogP contribution in [0, 0.1) is 0 Å². The van der Waals surface area contributed by atoms with Crippen LogP contribution < -0.4 is 16.4 Å². The number of phenolic OH excluding ortho intramolecular Hbond substituents is 1. The molecule has 0 fully saturated rings. The van der Waals surface area contributed by atoms with Crippen molar-refractivity contribution in [3.63, 3.8) is 0 Å². The highest BCUT2D eigenvalue weighted by Crippen LogP contribution is 2.36. The molecule has 3 amide bonds. The largest absolute Gasteiger partial charge is 0.508 e. The maximum absolute atomic E-state index is 11.4. The molecular weight excluding hydrogens is 278 g/mol. The maximum Gasteiger partial charge on any atom is 0.319 e. The zero-order valence-electron chi connectivity index (χ0n) is 10.6. The van der Waals surface area contributed by atoms with E-state index in [-0.39, 0.29) is 11.3 Å². The highest BCUT2D eigenvalue weighted by molar-refractivity contribution is 7.20. The minimum Gasteiger partial charge on any atom is -0.508 e. The molecule has 0 aliphatic rings. The molecule has 0 bridgehead atoms. The van der Waals surface area contributed by atoms with Crippen LogP contribution in [-0.4, -0.2) is 24.1 Å². The second-order valence-corrected chi connectivity index (χ2v) is 5.02. The Morgan fingerprint density at radius 1 is 1.30 bits per heavy atom. The zero-order chi connectivity index (χ0) is 14.7. The molecule has 2 aromatic rings. The van der Waals surface area contributed by atoms with Crippen molar-refractivity contribution in [2.45, 2.75) is 0 Å². The molecule has 0 radical (unpaired) electrons. The van der Waals surface area contributed by atoms with Gasteiger partial charge in [-0.2, -0.15) is 0 Å². The fourth-order valence-electron chi connectivity index (χ4n) is 1.63. The number of hydrogen-bond acceptors (Lipinski definition) is 4. The number of aromatic hydroxyl groups is 1. The van der Waals surface area contributed by atoms with E-state index in [0.717, 1.165) is 10.4 Å². The lowest BCUT2D eigenvalue weighted by Crippen LogP contribution is -2.25. The third kappa shape index (κ3) is 2.89. The molecule has 2 rings (SSSR count). The Morgan fingerprint density at radius 3 is 2.65 bits per heavy atom. The molecule has 0 saturated carbocycles. The van der Waals surface area contributed by atoms with E-state index in [9.17, 15) is 14.7 Å². The Morgan fingerprint density at radius 2 is 2.05 bits per heavy atom. The van der Waals surface area contributed by atoms with Crippen LogP contribution in [0.15, 0.2) is 30.3 Å². The van der Waals surface area contributed by atoms with Gasteiger partial charge < -0.3 is 16.2 Å². The summed E-state index contributed by atoms with van der Waals surface area (Å²) >= 11 is 1.21. The van der Waals surface area contributed by atoms with E-state index in [1.54, 1.807) is 30.3 Å². The zero-order valence-corrected chi connectivity index (χ0v) is 11.5. The van der Waals surface area contributed by atoms with Crippen LogP contribution in [0.1, 0.15) is 10.4 Å². The molecule has 104 valence electrons. The normalized spacial score (nSPS) is 10.1. The number of nitrogens with one attached hydrogen (secondary N) is 2. The second-order valence-electron chi connectivity index (χ2n) is 3.97. The second kappa shape index (κ2) is 5.62. The van der Waals surface area contributed by atoms with Gasteiger partial charge in [0.1, 0.15) is 10.8 Å². The molecular formula is C13H13N3O3S. The van der Waals surface area contributed by atoms with E-state index in [4.69, 9.17) is 5.73 Å². The summed E-state index contributed by atoms with van der Waals surface area (Å²) in [5.74, 6) is -0.503.